The first-order valence-corrected chi connectivity index (χ1v) is 3.06. The van der Waals surface area contributed by atoms with Gasteiger partial charge in [0.25, 0.3) is 0 Å². The molecule has 2 N–H and O–H groups in total. The van der Waals surface area contributed by atoms with E-state index in [1.165, 1.54) is 0 Å². The number of aliphatic hydroxyl groups excluding tert-OH is 2. The van der Waals surface area contributed by atoms with Crippen LogP contribution in [0.3, 0.4) is 0 Å². The van der Waals surface area contributed by atoms with Crippen LogP contribution in [0.2, 0.25) is 0 Å². The van der Waals surface area contributed by atoms with E-state index in [4.69, 9.17) is 24.2 Å². The predicted molar refractivity (Wildman–Crippen MR) is 44.2 cm³/mol. The van der Waals surface area contributed by atoms with E-state index in [2.05, 4.69) is 20.0 Å². The number of allylic oxidation sites excluding steroid dienone is 2. The molecule has 0 atom stereocenters. The summed E-state index contributed by atoms with van der Waals surface area (Å²) in [6.07, 6.45) is 6.53. The molecule has 0 heterocycles. The molecule has 0 aliphatic rings. The van der Waals surface area contributed by atoms with Crippen molar-refractivity contribution in [1.82, 2.24) is 0 Å². The topological polar surface area (TPSA) is 100 Å². The van der Waals surface area contributed by atoms with Crippen LogP contribution in [0.5, 0.6) is 0 Å². The summed E-state index contributed by atoms with van der Waals surface area (Å²) in [7, 11) is 0. The van der Waals surface area contributed by atoms with Gasteiger partial charge in [0.1, 0.15) is 0 Å². The maximum absolute atomic E-state index is 8.18. The molecule has 0 radical (unpaired) electrons. The van der Waals surface area contributed by atoms with E-state index in [0.717, 1.165) is 0 Å². The van der Waals surface area contributed by atoms with Crippen molar-refractivity contribution in [2.24, 2.45) is 0 Å². The second-order valence-corrected chi connectivity index (χ2v) is 1.22. The maximum atomic E-state index is 8.18. The Kier molecular flexibility index (Phi) is 143. The Hall–Kier alpha value is -0.861. The molecule has 0 aliphatic carbocycles. The Balaban J connectivity index is -0.0000000410. The Labute approximate surface area is 99.1 Å². The second-order valence-electron chi connectivity index (χ2n) is 1.22. The summed E-state index contributed by atoms with van der Waals surface area (Å²) < 4.78 is 22.5. The van der Waals surface area contributed by atoms with Crippen molar-refractivity contribution < 1.29 is 41.2 Å². The molecule has 0 saturated carbocycles. The molecule has 0 fully saturated rings. The van der Waals surface area contributed by atoms with Crippen LogP contribution in [-0.2, 0) is 31.0 Å². The van der Waals surface area contributed by atoms with Crippen LogP contribution in [0.15, 0.2) is 24.3 Å². The van der Waals surface area contributed by atoms with Crippen molar-refractivity contribution >= 4 is 0 Å². The van der Waals surface area contributed by atoms with Gasteiger partial charge in [-0.3, -0.25) is 0 Å². The van der Waals surface area contributed by atoms with Crippen LogP contribution >= 0.6 is 0 Å². The summed E-state index contributed by atoms with van der Waals surface area (Å²) in [4.78, 5) is 0. The number of rotatable bonds is 3. The van der Waals surface area contributed by atoms with Crippen LogP contribution in [-0.4, -0.2) is 23.4 Å². The maximum Gasteiger partial charge on any atom is 0 e. The van der Waals surface area contributed by atoms with Gasteiger partial charge in [0.05, 0.1) is 13.2 Å². The molecule has 6 heteroatoms. The Morgan fingerprint density at radius 1 is 0.733 bits per heavy atom. The molecule has 5 nitrogen and oxygen atoms in total. The van der Waals surface area contributed by atoms with E-state index in [0.29, 0.717) is 0 Å². The molecule has 0 bridgehead atoms. The van der Waals surface area contributed by atoms with Crippen LogP contribution in [0.25, 0.3) is 0 Å². The zero-order valence-corrected chi connectivity index (χ0v) is 8.80. The van der Waals surface area contributed by atoms with Gasteiger partial charge < -0.3 is 10.2 Å². The van der Waals surface area contributed by atoms with Gasteiger partial charge in [-0.15, -0.1) is 0 Å². The Morgan fingerprint density at radius 2 is 0.933 bits per heavy atom. The smallest absolute Gasteiger partial charge is 0 e. The van der Waals surface area contributed by atoms with Crippen molar-refractivity contribution in [1.29, 1.82) is 0 Å². The molecule has 0 rings (SSSR count). The quantitative estimate of drug-likeness (QED) is 0.320. The SMILES string of the molecule is OC/C=C/C=C/CO.[C-]#[O+].[C-]#[O+].[C-]#[O+].[Fe]. The third-order valence-corrected chi connectivity index (χ3v) is 0.594. The molecule has 84 valence electrons. The average Bonchev–Trinajstić information content (AvgIpc) is 2.33. The predicted octanol–water partition coefficient (Wildman–Crippen LogP) is -0.0316. The second kappa shape index (κ2) is 73.3. The Bertz CT molecular complexity index is 154. The van der Waals surface area contributed by atoms with Gasteiger partial charge in [0, 0.05) is 17.1 Å². The van der Waals surface area contributed by atoms with Crippen molar-refractivity contribution in [3.05, 3.63) is 44.3 Å². The summed E-state index contributed by atoms with van der Waals surface area (Å²) >= 11 is 0. The largest absolute Gasteiger partial charge is 0 e. The average molecular weight is 254 g/mol. The van der Waals surface area contributed by atoms with Crippen molar-refractivity contribution in [3.8, 4) is 0 Å². The summed E-state index contributed by atoms with van der Waals surface area (Å²) in [6.45, 7) is 13.6. The van der Waals surface area contributed by atoms with Gasteiger partial charge in [0.15, 0.2) is 0 Å². The molecule has 0 aromatic heterocycles. The third kappa shape index (κ3) is 95.2. The normalized spacial score (nSPS) is 6.67. The van der Waals surface area contributed by atoms with E-state index < -0.39 is 0 Å². The minimum absolute atomic E-state index is 0. The molecule has 0 saturated heterocycles. The molecule has 0 amide bonds. The van der Waals surface area contributed by atoms with Crippen LogP contribution < -0.4 is 0 Å². The van der Waals surface area contributed by atoms with Crippen LogP contribution in [0.1, 0.15) is 0 Å². The molecule has 0 aromatic carbocycles. The Morgan fingerprint density at radius 3 is 1.07 bits per heavy atom. The minimum Gasteiger partial charge on any atom is 0 e. The van der Waals surface area contributed by atoms with Gasteiger partial charge in [-0.25, -0.2) is 0 Å². The molecule has 0 aromatic rings. The van der Waals surface area contributed by atoms with E-state index in [-0.39, 0.29) is 30.3 Å². The first kappa shape index (κ1) is 29.2. The standard InChI is InChI=1S/C6H10O2.3CO.Fe/c7-5-3-1-2-4-6-8;3*1-2;/h1-4,7-8H,5-6H2;;;;/b3-1+,4-2+;;;;. The summed E-state index contributed by atoms with van der Waals surface area (Å²) in [6, 6.07) is 0. The van der Waals surface area contributed by atoms with E-state index >= 15 is 0 Å². The molecule has 0 spiro atoms. The zero-order valence-electron chi connectivity index (χ0n) is 7.70. The van der Waals surface area contributed by atoms with Crippen molar-refractivity contribution in [2.75, 3.05) is 13.2 Å². The van der Waals surface area contributed by atoms with Crippen molar-refractivity contribution in [3.63, 3.8) is 0 Å². The van der Waals surface area contributed by atoms with Gasteiger partial charge in [-0.05, 0) is 0 Å². The van der Waals surface area contributed by atoms with E-state index in [1.54, 1.807) is 24.3 Å². The summed E-state index contributed by atoms with van der Waals surface area (Å²) in [5, 5.41) is 16.4. The third-order valence-electron chi connectivity index (χ3n) is 0.594. The van der Waals surface area contributed by atoms with E-state index in [9.17, 15) is 0 Å². The summed E-state index contributed by atoms with van der Waals surface area (Å²) in [5.41, 5.74) is 0. The molecular formula is C9H10FeO5. The zero-order chi connectivity index (χ0) is 12.2. The fraction of sp³-hybridized carbons (Fsp3) is 0.222. The first-order chi connectivity index (χ1) is 6.91. The molecular weight excluding hydrogens is 244 g/mol. The van der Waals surface area contributed by atoms with Gasteiger partial charge in [0.2, 0.25) is 0 Å². The van der Waals surface area contributed by atoms with Crippen molar-refractivity contribution in [2.45, 2.75) is 0 Å². The fourth-order valence-corrected chi connectivity index (χ4v) is 0.279. The molecule has 0 aliphatic heterocycles. The number of aliphatic hydroxyl groups is 2. The molecule has 0 unspecified atom stereocenters. The van der Waals surface area contributed by atoms with E-state index in [1.807, 2.05) is 0 Å². The van der Waals surface area contributed by atoms with Crippen LogP contribution in [0, 0.1) is 20.0 Å². The van der Waals surface area contributed by atoms with Gasteiger partial charge in [-0.1, -0.05) is 24.3 Å². The summed E-state index contributed by atoms with van der Waals surface area (Å²) in [5.74, 6) is 0. The number of hydrogen-bond acceptors (Lipinski definition) is 2. The van der Waals surface area contributed by atoms with Gasteiger partial charge >= 0.3 is 33.9 Å². The monoisotopic (exact) mass is 254 g/mol. The molecule has 15 heavy (non-hydrogen) atoms. The first-order valence-electron chi connectivity index (χ1n) is 3.06. The van der Waals surface area contributed by atoms with Gasteiger partial charge in [-0.2, -0.15) is 0 Å². The number of hydrogen-bond donors (Lipinski definition) is 2. The minimum atomic E-state index is 0. The van der Waals surface area contributed by atoms with Crippen LogP contribution in [0.4, 0.5) is 0 Å². The fourth-order valence-electron chi connectivity index (χ4n) is 0.279.